The molecule has 1 atom stereocenters. The minimum Gasteiger partial charge on any atom is -0.395 e. The van der Waals surface area contributed by atoms with Gasteiger partial charge in [-0.15, -0.1) is 0 Å². The van der Waals surface area contributed by atoms with Crippen LogP contribution < -0.4 is 0 Å². The summed E-state index contributed by atoms with van der Waals surface area (Å²) in [6.45, 7) is 0.132. The van der Waals surface area contributed by atoms with Gasteiger partial charge in [0.25, 0.3) is 0 Å². The number of aliphatic hydroxyl groups is 1. The third-order valence-electron chi connectivity index (χ3n) is 3.68. The van der Waals surface area contributed by atoms with E-state index in [1.807, 2.05) is 6.07 Å². The highest BCUT2D eigenvalue weighted by Crippen LogP contribution is 2.28. The molecule has 1 aromatic rings. The summed E-state index contributed by atoms with van der Waals surface area (Å²) in [5.74, 6) is 0. The van der Waals surface area contributed by atoms with Crippen molar-refractivity contribution in [1.29, 1.82) is 5.26 Å². The van der Waals surface area contributed by atoms with Crippen molar-refractivity contribution >= 4 is 21.6 Å². The van der Waals surface area contributed by atoms with Crippen LogP contribution in [-0.4, -0.2) is 37.0 Å². The molecule has 0 aliphatic carbocycles. The van der Waals surface area contributed by atoms with E-state index in [0.717, 1.165) is 19.3 Å². The van der Waals surface area contributed by atoms with Crippen molar-refractivity contribution < 1.29 is 13.5 Å². The molecule has 1 fully saturated rings. The van der Waals surface area contributed by atoms with Gasteiger partial charge in [-0.3, -0.25) is 0 Å². The molecule has 1 unspecified atom stereocenters. The summed E-state index contributed by atoms with van der Waals surface area (Å²) in [6.07, 6.45) is 3.19. The monoisotopic (exact) mass is 328 g/mol. The quantitative estimate of drug-likeness (QED) is 0.921. The predicted octanol–water partition coefficient (Wildman–Crippen LogP) is 2.14. The van der Waals surface area contributed by atoms with Crippen molar-refractivity contribution in [2.45, 2.75) is 36.6 Å². The largest absolute Gasteiger partial charge is 0.395 e. The fraction of sp³-hybridized carbons (Fsp3) is 0.500. The van der Waals surface area contributed by atoms with E-state index in [2.05, 4.69) is 0 Å². The van der Waals surface area contributed by atoms with Crippen molar-refractivity contribution in [3.8, 4) is 6.07 Å². The topological polar surface area (TPSA) is 81.4 Å². The zero-order valence-corrected chi connectivity index (χ0v) is 13.1. The molecule has 1 aliphatic heterocycles. The van der Waals surface area contributed by atoms with Crippen LogP contribution in [0, 0.1) is 11.3 Å². The van der Waals surface area contributed by atoms with Crippen molar-refractivity contribution in [1.82, 2.24) is 4.31 Å². The van der Waals surface area contributed by atoms with Crippen LogP contribution in [0.25, 0.3) is 0 Å². The highest BCUT2D eigenvalue weighted by molar-refractivity contribution is 7.89. The molecule has 7 heteroatoms. The van der Waals surface area contributed by atoms with Gasteiger partial charge in [0.1, 0.15) is 11.0 Å². The predicted molar refractivity (Wildman–Crippen MR) is 79.4 cm³/mol. The Morgan fingerprint density at radius 2 is 2.14 bits per heavy atom. The van der Waals surface area contributed by atoms with Crippen molar-refractivity contribution in [2.75, 3.05) is 13.2 Å². The Balaban J connectivity index is 2.50. The Kier molecular flexibility index (Phi) is 5.22. The zero-order chi connectivity index (χ0) is 15.5. The van der Waals surface area contributed by atoms with Crippen LogP contribution >= 0.6 is 11.6 Å². The maximum atomic E-state index is 12.8. The standard InChI is InChI=1S/C14H17ClN2O3S/c15-12-6-5-11(9-16)14(8-12)21(19,20)17-7-3-1-2-4-13(17)10-18/h5-6,8,13,18H,1-4,7,10H2. The minimum atomic E-state index is -3.85. The van der Waals surface area contributed by atoms with Gasteiger partial charge in [-0.05, 0) is 31.0 Å². The number of sulfonamides is 1. The normalized spacial score (nSPS) is 20.7. The second kappa shape index (κ2) is 6.75. The second-order valence-electron chi connectivity index (χ2n) is 5.05. The second-order valence-corrected chi connectivity index (χ2v) is 7.35. The average molecular weight is 329 g/mol. The van der Waals surface area contributed by atoms with Gasteiger partial charge in [0.15, 0.2) is 0 Å². The van der Waals surface area contributed by atoms with Crippen LogP contribution in [0.15, 0.2) is 23.1 Å². The van der Waals surface area contributed by atoms with Crippen LogP contribution in [0.5, 0.6) is 0 Å². The van der Waals surface area contributed by atoms with Gasteiger partial charge in [-0.2, -0.15) is 9.57 Å². The van der Waals surface area contributed by atoms with Gasteiger partial charge < -0.3 is 5.11 Å². The lowest BCUT2D eigenvalue weighted by Gasteiger charge is -2.28. The molecule has 1 heterocycles. The number of hydrogen-bond acceptors (Lipinski definition) is 4. The first-order valence-corrected chi connectivity index (χ1v) is 8.65. The third-order valence-corrected chi connectivity index (χ3v) is 5.91. The fourth-order valence-corrected chi connectivity index (χ4v) is 4.67. The molecular weight excluding hydrogens is 312 g/mol. The molecule has 0 aromatic heterocycles. The Morgan fingerprint density at radius 3 is 2.81 bits per heavy atom. The lowest BCUT2D eigenvalue weighted by molar-refractivity contribution is 0.186. The Labute approximate surface area is 129 Å². The van der Waals surface area contributed by atoms with Gasteiger partial charge in [-0.25, -0.2) is 8.42 Å². The number of nitriles is 1. The first-order valence-electron chi connectivity index (χ1n) is 6.83. The Hall–Kier alpha value is -1.13. The molecule has 1 N–H and O–H groups in total. The van der Waals surface area contributed by atoms with Crippen LogP contribution in [-0.2, 0) is 10.0 Å². The van der Waals surface area contributed by atoms with Crippen LogP contribution in [0.3, 0.4) is 0 Å². The fourth-order valence-electron chi connectivity index (χ4n) is 2.58. The molecule has 1 saturated heterocycles. The van der Waals surface area contributed by atoms with Gasteiger partial charge in [0.05, 0.1) is 12.2 Å². The Morgan fingerprint density at radius 1 is 1.38 bits per heavy atom. The van der Waals surface area contributed by atoms with Crippen LogP contribution in [0.2, 0.25) is 5.02 Å². The van der Waals surface area contributed by atoms with Gasteiger partial charge in [-0.1, -0.05) is 24.4 Å². The summed E-state index contributed by atoms with van der Waals surface area (Å²) in [6, 6.07) is 5.64. The summed E-state index contributed by atoms with van der Waals surface area (Å²) in [4.78, 5) is -0.0853. The van der Waals surface area contributed by atoms with Gasteiger partial charge in [0, 0.05) is 17.6 Å². The molecule has 1 aromatic carbocycles. The third kappa shape index (κ3) is 3.38. The molecule has 0 amide bonds. The lowest BCUT2D eigenvalue weighted by atomic mass is 10.1. The van der Waals surface area contributed by atoms with E-state index >= 15 is 0 Å². The molecule has 5 nitrogen and oxygen atoms in total. The van der Waals surface area contributed by atoms with E-state index in [1.165, 1.54) is 22.5 Å². The number of benzene rings is 1. The molecule has 114 valence electrons. The molecule has 0 bridgehead atoms. The summed E-state index contributed by atoms with van der Waals surface area (Å²) < 4.78 is 27.0. The van der Waals surface area contributed by atoms with Crippen LogP contribution in [0.1, 0.15) is 31.2 Å². The molecule has 0 saturated carbocycles. The summed E-state index contributed by atoms with van der Waals surface area (Å²) >= 11 is 5.88. The summed E-state index contributed by atoms with van der Waals surface area (Å²) in [5.41, 5.74) is 0.0698. The van der Waals surface area contributed by atoms with E-state index in [-0.39, 0.29) is 22.1 Å². The number of halogens is 1. The maximum absolute atomic E-state index is 12.8. The first kappa shape index (κ1) is 16.2. The number of hydrogen-bond donors (Lipinski definition) is 1. The number of nitrogens with zero attached hydrogens (tertiary/aromatic N) is 2. The van der Waals surface area contributed by atoms with E-state index in [4.69, 9.17) is 16.9 Å². The van der Waals surface area contributed by atoms with E-state index < -0.39 is 16.1 Å². The number of rotatable bonds is 3. The Bertz CT molecular complexity index is 655. The molecule has 21 heavy (non-hydrogen) atoms. The molecule has 0 spiro atoms. The molecule has 0 radical (unpaired) electrons. The first-order chi connectivity index (χ1) is 10.0. The maximum Gasteiger partial charge on any atom is 0.244 e. The molecule has 1 aliphatic rings. The molecular formula is C14H17ClN2O3S. The van der Waals surface area contributed by atoms with Crippen molar-refractivity contribution in [2.24, 2.45) is 0 Å². The van der Waals surface area contributed by atoms with Gasteiger partial charge >= 0.3 is 0 Å². The van der Waals surface area contributed by atoms with Crippen molar-refractivity contribution in [3.63, 3.8) is 0 Å². The lowest BCUT2D eigenvalue weighted by Crippen LogP contribution is -2.42. The average Bonchev–Trinajstić information content (AvgIpc) is 2.72. The zero-order valence-electron chi connectivity index (χ0n) is 11.5. The molecule has 2 rings (SSSR count). The van der Waals surface area contributed by atoms with Crippen molar-refractivity contribution in [3.05, 3.63) is 28.8 Å². The van der Waals surface area contributed by atoms with Gasteiger partial charge in [0.2, 0.25) is 10.0 Å². The highest BCUT2D eigenvalue weighted by atomic mass is 35.5. The SMILES string of the molecule is N#Cc1ccc(Cl)cc1S(=O)(=O)N1CCCCCC1CO. The van der Waals surface area contributed by atoms with E-state index in [9.17, 15) is 13.5 Å². The van der Waals surface area contributed by atoms with Crippen LogP contribution in [0.4, 0.5) is 0 Å². The summed E-state index contributed by atoms with van der Waals surface area (Å²) in [7, 11) is -3.85. The number of aliphatic hydroxyl groups excluding tert-OH is 1. The highest BCUT2D eigenvalue weighted by Gasteiger charge is 2.33. The minimum absolute atomic E-state index is 0.0698. The van der Waals surface area contributed by atoms with E-state index in [1.54, 1.807) is 0 Å². The van der Waals surface area contributed by atoms with E-state index in [0.29, 0.717) is 13.0 Å². The summed E-state index contributed by atoms with van der Waals surface area (Å²) in [5, 5.41) is 18.9. The smallest absolute Gasteiger partial charge is 0.244 e.